The Morgan fingerprint density at radius 1 is 0.565 bits per heavy atom. The Hall–Kier alpha value is -2.34. The van der Waals surface area contributed by atoms with E-state index in [1.807, 2.05) is 0 Å². The SMILES string of the molecule is Cc1ccc(C2(C)c3cc(C)ccc3-c3ccc(C)cc32)cc1. The lowest BCUT2D eigenvalue weighted by atomic mass is 9.73. The molecule has 0 saturated carbocycles. The van der Waals surface area contributed by atoms with E-state index in [-0.39, 0.29) is 5.41 Å². The average Bonchev–Trinajstić information content (AvgIpc) is 2.78. The van der Waals surface area contributed by atoms with E-state index in [2.05, 4.69) is 88.4 Å². The predicted molar refractivity (Wildman–Crippen MR) is 98.1 cm³/mol. The van der Waals surface area contributed by atoms with E-state index in [0.29, 0.717) is 0 Å². The molecule has 4 rings (SSSR count). The largest absolute Gasteiger partial charge is 0.0590 e. The predicted octanol–water partition coefficient (Wildman–Crippen LogP) is 5.95. The fraction of sp³-hybridized carbons (Fsp3) is 0.217. The van der Waals surface area contributed by atoms with E-state index >= 15 is 0 Å². The van der Waals surface area contributed by atoms with Crippen molar-refractivity contribution in [3.63, 3.8) is 0 Å². The second-order valence-electron chi connectivity index (χ2n) is 7.09. The minimum Gasteiger partial charge on any atom is -0.0590 e. The Morgan fingerprint density at radius 3 is 1.48 bits per heavy atom. The minimum absolute atomic E-state index is 0.0730. The molecule has 23 heavy (non-hydrogen) atoms. The van der Waals surface area contributed by atoms with Gasteiger partial charge in [-0.1, -0.05) is 77.4 Å². The van der Waals surface area contributed by atoms with Crippen molar-refractivity contribution in [2.45, 2.75) is 33.1 Å². The summed E-state index contributed by atoms with van der Waals surface area (Å²) in [6.07, 6.45) is 0. The second kappa shape index (κ2) is 4.83. The molecule has 0 fully saturated rings. The molecule has 1 aliphatic rings. The van der Waals surface area contributed by atoms with Crippen molar-refractivity contribution < 1.29 is 0 Å². The Balaban J connectivity index is 2.08. The van der Waals surface area contributed by atoms with Crippen molar-refractivity contribution in [1.29, 1.82) is 0 Å². The third-order valence-electron chi connectivity index (χ3n) is 5.35. The summed E-state index contributed by atoms with van der Waals surface area (Å²) in [7, 11) is 0. The molecule has 0 spiro atoms. The van der Waals surface area contributed by atoms with Crippen molar-refractivity contribution >= 4 is 0 Å². The maximum atomic E-state index is 2.38. The highest BCUT2D eigenvalue weighted by molar-refractivity contribution is 5.83. The highest BCUT2D eigenvalue weighted by Crippen LogP contribution is 2.52. The summed E-state index contributed by atoms with van der Waals surface area (Å²) in [4.78, 5) is 0. The smallest absolute Gasteiger partial charge is 0.0435 e. The minimum atomic E-state index is -0.0730. The van der Waals surface area contributed by atoms with Gasteiger partial charge in [0.25, 0.3) is 0 Å². The molecule has 3 aromatic carbocycles. The van der Waals surface area contributed by atoms with Gasteiger partial charge in [-0.05, 0) is 55.5 Å². The standard InChI is InChI=1S/C23H22/c1-15-5-9-18(10-6-15)23(4)21-13-16(2)7-11-19(21)20-12-8-17(3)14-22(20)23/h5-14H,1-4H3. The summed E-state index contributed by atoms with van der Waals surface area (Å²) in [6.45, 7) is 8.90. The van der Waals surface area contributed by atoms with Crippen molar-refractivity contribution in [2.75, 3.05) is 0 Å². The van der Waals surface area contributed by atoms with E-state index < -0.39 is 0 Å². The summed E-state index contributed by atoms with van der Waals surface area (Å²) in [6, 6.07) is 22.8. The van der Waals surface area contributed by atoms with Crippen LogP contribution in [0.3, 0.4) is 0 Å². The van der Waals surface area contributed by atoms with Crippen LogP contribution in [0.5, 0.6) is 0 Å². The summed E-state index contributed by atoms with van der Waals surface area (Å²) >= 11 is 0. The third kappa shape index (κ3) is 1.98. The van der Waals surface area contributed by atoms with Gasteiger partial charge < -0.3 is 0 Å². The topological polar surface area (TPSA) is 0 Å². The van der Waals surface area contributed by atoms with Crippen LogP contribution in [0.1, 0.15) is 40.3 Å². The van der Waals surface area contributed by atoms with Gasteiger partial charge in [0, 0.05) is 5.41 Å². The zero-order chi connectivity index (χ0) is 16.2. The van der Waals surface area contributed by atoms with Crippen LogP contribution in [-0.4, -0.2) is 0 Å². The lowest BCUT2D eigenvalue weighted by molar-refractivity contribution is 0.712. The molecule has 0 heterocycles. The molecule has 0 aliphatic heterocycles. The van der Waals surface area contributed by atoms with E-state index in [1.165, 1.54) is 44.5 Å². The van der Waals surface area contributed by atoms with Crippen LogP contribution < -0.4 is 0 Å². The van der Waals surface area contributed by atoms with Gasteiger partial charge >= 0.3 is 0 Å². The van der Waals surface area contributed by atoms with Gasteiger partial charge in [0.05, 0.1) is 0 Å². The van der Waals surface area contributed by atoms with Crippen LogP contribution in [0.15, 0.2) is 60.7 Å². The zero-order valence-electron chi connectivity index (χ0n) is 14.3. The molecule has 0 amide bonds. The number of hydrogen-bond acceptors (Lipinski definition) is 0. The van der Waals surface area contributed by atoms with Gasteiger partial charge in [0.15, 0.2) is 0 Å². The number of rotatable bonds is 1. The molecule has 0 heteroatoms. The van der Waals surface area contributed by atoms with Gasteiger partial charge in [-0.25, -0.2) is 0 Å². The molecule has 0 nitrogen and oxygen atoms in total. The first-order valence-corrected chi connectivity index (χ1v) is 8.30. The van der Waals surface area contributed by atoms with Crippen LogP contribution in [0.2, 0.25) is 0 Å². The molecule has 0 aromatic heterocycles. The normalized spacial score (nSPS) is 14.4. The molecular weight excluding hydrogens is 276 g/mol. The molecule has 114 valence electrons. The highest BCUT2D eigenvalue weighted by Gasteiger charge is 2.40. The summed E-state index contributed by atoms with van der Waals surface area (Å²) in [5.41, 5.74) is 10.9. The molecule has 0 unspecified atom stereocenters. The molecule has 0 saturated heterocycles. The van der Waals surface area contributed by atoms with Gasteiger partial charge in [-0.15, -0.1) is 0 Å². The van der Waals surface area contributed by atoms with Gasteiger partial charge in [0.2, 0.25) is 0 Å². The maximum absolute atomic E-state index is 2.38. The van der Waals surface area contributed by atoms with Crippen LogP contribution in [0.4, 0.5) is 0 Å². The number of benzene rings is 3. The molecular formula is C23H22. The molecule has 0 N–H and O–H groups in total. The first-order valence-electron chi connectivity index (χ1n) is 8.30. The average molecular weight is 298 g/mol. The lowest BCUT2D eigenvalue weighted by Gasteiger charge is -2.29. The monoisotopic (exact) mass is 298 g/mol. The van der Waals surface area contributed by atoms with Crippen LogP contribution in [0, 0.1) is 20.8 Å². The second-order valence-corrected chi connectivity index (χ2v) is 7.09. The van der Waals surface area contributed by atoms with Gasteiger partial charge in [0.1, 0.15) is 0 Å². The van der Waals surface area contributed by atoms with E-state index in [4.69, 9.17) is 0 Å². The third-order valence-corrected chi connectivity index (χ3v) is 5.35. The quantitative estimate of drug-likeness (QED) is 0.521. The molecule has 1 aliphatic carbocycles. The Labute approximate surface area is 138 Å². The van der Waals surface area contributed by atoms with E-state index in [1.54, 1.807) is 0 Å². The number of aryl methyl sites for hydroxylation is 3. The molecule has 0 atom stereocenters. The first-order chi connectivity index (χ1) is 11.0. The van der Waals surface area contributed by atoms with Crippen molar-refractivity contribution in [3.05, 3.63) is 94.0 Å². The molecule has 0 bridgehead atoms. The maximum Gasteiger partial charge on any atom is 0.0435 e. The van der Waals surface area contributed by atoms with Gasteiger partial charge in [-0.2, -0.15) is 0 Å². The first kappa shape index (κ1) is 14.3. The lowest BCUT2D eigenvalue weighted by Crippen LogP contribution is -2.22. The summed E-state index contributed by atoms with van der Waals surface area (Å²) in [5, 5.41) is 0. The van der Waals surface area contributed by atoms with Crippen molar-refractivity contribution in [1.82, 2.24) is 0 Å². The Bertz CT molecular complexity index is 846. The molecule has 0 radical (unpaired) electrons. The van der Waals surface area contributed by atoms with Crippen molar-refractivity contribution in [3.8, 4) is 11.1 Å². The number of fused-ring (bicyclic) bond motifs is 3. The Morgan fingerprint density at radius 2 is 1.00 bits per heavy atom. The van der Waals surface area contributed by atoms with E-state index in [9.17, 15) is 0 Å². The zero-order valence-corrected chi connectivity index (χ0v) is 14.3. The summed E-state index contributed by atoms with van der Waals surface area (Å²) in [5.74, 6) is 0. The number of hydrogen-bond donors (Lipinski definition) is 0. The van der Waals surface area contributed by atoms with Crippen molar-refractivity contribution in [2.24, 2.45) is 0 Å². The van der Waals surface area contributed by atoms with E-state index in [0.717, 1.165) is 0 Å². The van der Waals surface area contributed by atoms with Crippen LogP contribution in [-0.2, 0) is 5.41 Å². The fourth-order valence-electron chi connectivity index (χ4n) is 3.96. The van der Waals surface area contributed by atoms with Crippen LogP contribution >= 0.6 is 0 Å². The Kier molecular flexibility index (Phi) is 2.99. The van der Waals surface area contributed by atoms with Gasteiger partial charge in [-0.3, -0.25) is 0 Å². The van der Waals surface area contributed by atoms with Crippen LogP contribution in [0.25, 0.3) is 11.1 Å². The fourth-order valence-corrected chi connectivity index (χ4v) is 3.96. The summed E-state index contributed by atoms with van der Waals surface area (Å²) < 4.78 is 0. The highest BCUT2D eigenvalue weighted by atomic mass is 14.4. The molecule has 3 aromatic rings.